The molecule has 0 spiro atoms. The molecule has 0 saturated heterocycles. The molecule has 1 fully saturated rings. The fourth-order valence-corrected chi connectivity index (χ4v) is 2.75. The summed E-state index contributed by atoms with van der Waals surface area (Å²) in [5.74, 6) is 0.769. The Morgan fingerprint density at radius 2 is 2.25 bits per heavy atom. The highest BCUT2D eigenvalue weighted by atomic mass is 16.5. The maximum Gasteiger partial charge on any atom is 0.178 e. The van der Waals surface area contributed by atoms with E-state index in [9.17, 15) is 0 Å². The minimum absolute atomic E-state index is 0.257. The van der Waals surface area contributed by atoms with E-state index in [4.69, 9.17) is 4.74 Å². The molecular formula is C14H19N5O. The summed E-state index contributed by atoms with van der Waals surface area (Å²) in [5, 5.41) is 7.71. The zero-order chi connectivity index (χ0) is 13.8. The van der Waals surface area contributed by atoms with E-state index in [1.807, 2.05) is 12.1 Å². The van der Waals surface area contributed by atoms with Crippen molar-refractivity contribution < 1.29 is 4.74 Å². The van der Waals surface area contributed by atoms with E-state index < -0.39 is 0 Å². The van der Waals surface area contributed by atoms with Crippen LogP contribution in [0.2, 0.25) is 0 Å². The predicted octanol–water partition coefficient (Wildman–Crippen LogP) is 2.03. The van der Waals surface area contributed by atoms with Gasteiger partial charge in [-0.05, 0) is 25.0 Å². The van der Waals surface area contributed by atoms with Crippen LogP contribution in [-0.4, -0.2) is 39.0 Å². The molecule has 3 rings (SSSR count). The Morgan fingerprint density at radius 1 is 1.35 bits per heavy atom. The number of hydrogen-bond donors (Lipinski definition) is 1. The average Bonchev–Trinajstić information content (AvgIpc) is 3.02. The number of aromatic nitrogens is 4. The molecule has 2 heterocycles. The molecule has 1 N–H and O–H groups in total. The molecule has 0 aromatic carbocycles. The van der Waals surface area contributed by atoms with Gasteiger partial charge in [-0.1, -0.05) is 12.8 Å². The first-order valence-corrected chi connectivity index (χ1v) is 6.98. The first kappa shape index (κ1) is 13.1. The summed E-state index contributed by atoms with van der Waals surface area (Å²) in [5.41, 5.74) is 0.965. The van der Waals surface area contributed by atoms with E-state index in [1.165, 1.54) is 19.2 Å². The highest BCUT2D eigenvalue weighted by Gasteiger charge is 2.25. The van der Waals surface area contributed by atoms with Gasteiger partial charge >= 0.3 is 0 Å². The predicted molar refractivity (Wildman–Crippen MR) is 75.8 cm³/mol. The molecule has 6 nitrogen and oxygen atoms in total. The molecular weight excluding hydrogens is 254 g/mol. The molecule has 0 bridgehead atoms. The molecule has 1 saturated carbocycles. The zero-order valence-corrected chi connectivity index (χ0v) is 11.6. The lowest BCUT2D eigenvalue weighted by atomic mass is 9.92. The second kappa shape index (κ2) is 6.00. The highest BCUT2D eigenvalue weighted by Crippen LogP contribution is 2.26. The van der Waals surface area contributed by atoms with Gasteiger partial charge in [0.05, 0.1) is 17.8 Å². The van der Waals surface area contributed by atoms with Crippen molar-refractivity contribution >= 4 is 5.69 Å². The summed E-state index contributed by atoms with van der Waals surface area (Å²) in [6, 6.07) is 4.26. The van der Waals surface area contributed by atoms with Gasteiger partial charge in [0.1, 0.15) is 12.7 Å². The van der Waals surface area contributed by atoms with E-state index in [2.05, 4.69) is 20.4 Å². The second-order valence-electron chi connectivity index (χ2n) is 5.02. The lowest BCUT2D eigenvalue weighted by Crippen LogP contribution is -2.38. The summed E-state index contributed by atoms with van der Waals surface area (Å²) in [7, 11) is 1.78. The van der Waals surface area contributed by atoms with Crippen molar-refractivity contribution in [1.29, 1.82) is 0 Å². The average molecular weight is 273 g/mol. The normalized spacial score (nSPS) is 22.6. The van der Waals surface area contributed by atoms with Crippen LogP contribution in [0.15, 0.2) is 31.0 Å². The maximum absolute atomic E-state index is 5.59. The Balaban J connectivity index is 1.83. The van der Waals surface area contributed by atoms with Crippen LogP contribution < -0.4 is 5.32 Å². The van der Waals surface area contributed by atoms with E-state index >= 15 is 0 Å². The Labute approximate surface area is 118 Å². The Hall–Kier alpha value is -1.95. The van der Waals surface area contributed by atoms with Crippen molar-refractivity contribution in [2.75, 3.05) is 12.4 Å². The van der Waals surface area contributed by atoms with Crippen molar-refractivity contribution in [3.8, 4) is 5.82 Å². The van der Waals surface area contributed by atoms with Crippen LogP contribution >= 0.6 is 0 Å². The molecule has 6 heteroatoms. The van der Waals surface area contributed by atoms with Gasteiger partial charge in [0.2, 0.25) is 0 Å². The van der Waals surface area contributed by atoms with Gasteiger partial charge < -0.3 is 10.1 Å². The third-order valence-electron chi connectivity index (χ3n) is 3.77. The molecule has 1 aliphatic rings. The smallest absolute Gasteiger partial charge is 0.178 e. The fraction of sp³-hybridized carbons (Fsp3) is 0.500. The lowest BCUT2D eigenvalue weighted by molar-refractivity contribution is 0.0606. The van der Waals surface area contributed by atoms with E-state index in [0.717, 1.165) is 24.3 Å². The number of methoxy groups -OCH3 is 1. The molecule has 0 aliphatic heterocycles. The largest absolute Gasteiger partial charge is 0.379 e. The van der Waals surface area contributed by atoms with Gasteiger partial charge in [0.25, 0.3) is 0 Å². The zero-order valence-electron chi connectivity index (χ0n) is 11.6. The van der Waals surface area contributed by atoms with E-state index in [1.54, 1.807) is 24.3 Å². The molecule has 0 radical (unpaired) electrons. The van der Waals surface area contributed by atoms with Crippen molar-refractivity contribution in [3.63, 3.8) is 0 Å². The van der Waals surface area contributed by atoms with E-state index in [-0.39, 0.29) is 6.10 Å². The van der Waals surface area contributed by atoms with Crippen molar-refractivity contribution in [2.45, 2.75) is 37.8 Å². The summed E-state index contributed by atoms with van der Waals surface area (Å²) in [6.45, 7) is 0. The van der Waals surface area contributed by atoms with Crippen LogP contribution in [0.3, 0.4) is 0 Å². The molecule has 2 atom stereocenters. The number of ether oxygens (including phenoxy) is 1. The molecule has 2 aromatic heterocycles. The summed E-state index contributed by atoms with van der Waals surface area (Å²) in [4.78, 5) is 8.37. The third-order valence-corrected chi connectivity index (χ3v) is 3.77. The maximum atomic E-state index is 5.59. The van der Waals surface area contributed by atoms with Gasteiger partial charge in [-0.3, -0.25) is 0 Å². The molecule has 20 heavy (non-hydrogen) atoms. The number of anilines is 1. The number of pyridine rings is 1. The Morgan fingerprint density at radius 3 is 3.05 bits per heavy atom. The summed E-state index contributed by atoms with van der Waals surface area (Å²) < 4.78 is 7.26. The number of nitrogens with one attached hydrogen (secondary N) is 1. The fourth-order valence-electron chi connectivity index (χ4n) is 2.75. The monoisotopic (exact) mass is 273 g/mol. The van der Waals surface area contributed by atoms with Gasteiger partial charge in [-0.25, -0.2) is 14.6 Å². The quantitative estimate of drug-likeness (QED) is 0.923. The van der Waals surface area contributed by atoms with Gasteiger partial charge in [-0.15, -0.1) is 0 Å². The third kappa shape index (κ3) is 2.65. The molecule has 106 valence electrons. The first-order valence-electron chi connectivity index (χ1n) is 6.98. The van der Waals surface area contributed by atoms with Crippen LogP contribution in [0.5, 0.6) is 0 Å². The van der Waals surface area contributed by atoms with Gasteiger partial charge in [0.15, 0.2) is 5.82 Å². The minimum Gasteiger partial charge on any atom is -0.379 e. The highest BCUT2D eigenvalue weighted by molar-refractivity contribution is 5.56. The molecule has 2 unspecified atom stereocenters. The molecule has 1 aliphatic carbocycles. The van der Waals surface area contributed by atoms with Crippen LogP contribution in [0, 0.1) is 0 Å². The second-order valence-corrected chi connectivity index (χ2v) is 5.02. The van der Waals surface area contributed by atoms with Crippen LogP contribution in [-0.2, 0) is 4.74 Å². The molecule has 2 aromatic rings. The SMILES string of the molecule is COC1CCCCC1Nc1cccnc1-n1cncn1. The van der Waals surface area contributed by atoms with Crippen molar-refractivity contribution in [3.05, 3.63) is 31.0 Å². The lowest BCUT2D eigenvalue weighted by Gasteiger charge is -2.32. The van der Waals surface area contributed by atoms with Crippen LogP contribution in [0.1, 0.15) is 25.7 Å². The minimum atomic E-state index is 0.257. The van der Waals surface area contributed by atoms with Crippen LogP contribution in [0.25, 0.3) is 5.82 Å². The van der Waals surface area contributed by atoms with Gasteiger partial charge in [0, 0.05) is 13.3 Å². The summed E-state index contributed by atoms with van der Waals surface area (Å²) >= 11 is 0. The standard InChI is InChI=1S/C14H19N5O/c1-20-13-7-3-2-5-11(13)18-12-6-4-8-16-14(12)19-10-15-9-17-19/h4,6,8-11,13,18H,2-3,5,7H2,1H3. The first-order chi connectivity index (χ1) is 9.88. The number of rotatable bonds is 4. The number of hydrogen-bond acceptors (Lipinski definition) is 5. The Kier molecular flexibility index (Phi) is 3.92. The van der Waals surface area contributed by atoms with Crippen LogP contribution in [0.4, 0.5) is 5.69 Å². The van der Waals surface area contributed by atoms with Crippen molar-refractivity contribution in [2.24, 2.45) is 0 Å². The van der Waals surface area contributed by atoms with Crippen molar-refractivity contribution in [1.82, 2.24) is 19.7 Å². The van der Waals surface area contributed by atoms with Gasteiger partial charge in [-0.2, -0.15) is 5.10 Å². The summed E-state index contributed by atoms with van der Waals surface area (Å²) in [6.07, 6.45) is 9.87. The number of nitrogens with zero attached hydrogens (tertiary/aromatic N) is 4. The molecule has 0 amide bonds. The Bertz CT molecular complexity index is 542. The topological polar surface area (TPSA) is 64.9 Å². The van der Waals surface area contributed by atoms with E-state index in [0.29, 0.717) is 6.04 Å².